The topological polar surface area (TPSA) is 64.1 Å². The van der Waals surface area contributed by atoms with E-state index in [2.05, 4.69) is 41.3 Å². The monoisotopic (exact) mass is 373 g/mol. The summed E-state index contributed by atoms with van der Waals surface area (Å²) in [6.07, 6.45) is 2.85. The standard InChI is InChI=1S/C23H23N3O2/c1-14-4-7-18(10-15(14)2)25-23-24-13-20-21(26-23)11-17(12-22(20)27)16-5-8-19(28-3)9-6-16/h4-10,13,17H,11-12H2,1-3H3,(H,24,25,26)/t17-/m0/s1. The Balaban J connectivity index is 1.58. The molecule has 0 unspecified atom stereocenters. The normalized spacial score (nSPS) is 15.8. The number of fused-ring (bicyclic) bond motifs is 1. The van der Waals surface area contributed by atoms with Gasteiger partial charge in [0, 0.05) is 18.3 Å². The molecule has 2 aromatic carbocycles. The maximum atomic E-state index is 12.6. The van der Waals surface area contributed by atoms with Gasteiger partial charge in [-0.05, 0) is 67.1 Å². The molecule has 0 saturated heterocycles. The van der Waals surface area contributed by atoms with Crippen molar-refractivity contribution < 1.29 is 9.53 Å². The second kappa shape index (κ2) is 7.43. The molecule has 0 saturated carbocycles. The fourth-order valence-electron chi connectivity index (χ4n) is 3.57. The van der Waals surface area contributed by atoms with Crippen molar-refractivity contribution in [3.05, 3.63) is 76.6 Å². The van der Waals surface area contributed by atoms with Crippen molar-refractivity contribution in [1.29, 1.82) is 0 Å². The summed E-state index contributed by atoms with van der Waals surface area (Å²) in [5, 5.41) is 3.26. The zero-order chi connectivity index (χ0) is 19.7. The average molecular weight is 373 g/mol. The van der Waals surface area contributed by atoms with Crippen molar-refractivity contribution in [3.63, 3.8) is 0 Å². The molecule has 5 heteroatoms. The van der Waals surface area contributed by atoms with E-state index in [9.17, 15) is 4.79 Å². The van der Waals surface area contributed by atoms with Gasteiger partial charge < -0.3 is 10.1 Å². The van der Waals surface area contributed by atoms with Crippen molar-refractivity contribution >= 4 is 17.4 Å². The first-order chi connectivity index (χ1) is 13.5. The molecular weight excluding hydrogens is 350 g/mol. The van der Waals surface area contributed by atoms with E-state index < -0.39 is 0 Å². The van der Waals surface area contributed by atoms with Gasteiger partial charge >= 0.3 is 0 Å². The highest BCUT2D eigenvalue weighted by Crippen LogP contribution is 2.33. The third kappa shape index (κ3) is 3.60. The molecule has 1 aromatic heterocycles. The Morgan fingerprint density at radius 1 is 1.04 bits per heavy atom. The van der Waals surface area contributed by atoms with Gasteiger partial charge in [0.2, 0.25) is 5.95 Å². The predicted octanol–water partition coefficient (Wildman–Crippen LogP) is 4.76. The second-order valence-electron chi connectivity index (χ2n) is 7.28. The summed E-state index contributed by atoms with van der Waals surface area (Å²) in [4.78, 5) is 21.6. The van der Waals surface area contributed by atoms with Gasteiger partial charge in [0.05, 0.1) is 18.4 Å². The van der Waals surface area contributed by atoms with Crippen LogP contribution in [0.25, 0.3) is 0 Å². The first-order valence-corrected chi connectivity index (χ1v) is 9.41. The first-order valence-electron chi connectivity index (χ1n) is 9.41. The first kappa shape index (κ1) is 18.2. The Hall–Kier alpha value is -3.21. The number of aryl methyl sites for hydroxylation is 2. The summed E-state index contributed by atoms with van der Waals surface area (Å²) in [5.41, 5.74) is 5.95. The van der Waals surface area contributed by atoms with Crippen molar-refractivity contribution in [2.75, 3.05) is 12.4 Å². The smallest absolute Gasteiger partial charge is 0.227 e. The summed E-state index contributed by atoms with van der Waals surface area (Å²) in [7, 11) is 1.65. The number of anilines is 2. The minimum absolute atomic E-state index is 0.0970. The fourth-order valence-corrected chi connectivity index (χ4v) is 3.57. The number of rotatable bonds is 4. The van der Waals surface area contributed by atoms with Gasteiger partial charge in [-0.25, -0.2) is 9.97 Å². The molecule has 0 bridgehead atoms. The lowest BCUT2D eigenvalue weighted by atomic mass is 9.82. The third-order valence-electron chi connectivity index (χ3n) is 5.39. The lowest BCUT2D eigenvalue weighted by molar-refractivity contribution is 0.0962. The van der Waals surface area contributed by atoms with Crippen LogP contribution < -0.4 is 10.1 Å². The van der Waals surface area contributed by atoms with Crippen molar-refractivity contribution in [3.8, 4) is 5.75 Å². The van der Waals surface area contributed by atoms with Crippen molar-refractivity contribution in [2.24, 2.45) is 0 Å². The molecule has 1 atom stereocenters. The molecule has 1 aliphatic carbocycles. The summed E-state index contributed by atoms with van der Waals surface area (Å²) in [6, 6.07) is 14.1. The highest BCUT2D eigenvalue weighted by Gasteiger charge is 2.28. The van der Waals surface area contributed by atoms with Gasteiger partial charge in [-0.3, -0.25) is 4.79 Å². The molecule has 3 aromatic rings. The van der Waals surface area contributed by atoms with Crippen molar-refractivity contribution in [2.45, 2.75) is 32.6 Å². The molecule has 0 spiro atoms. The minimum atomic E-state index is 0.0970. The Kier molecular flexibility index (Phi) is 4.82. The van der Waals surface area contributed by atoms with Crippen LogP contribution in [0.4, 0.5) is 11.6 Å². The van der Waals surface area contributed by atoms with Gasteiger partial charge in [0.25, 0.3) is 0 Å². The average Bonchev–Trinajstić information content (AvgIpc) is 2.70. The Bertz CT molecular complexity index is 1030. The molecule has 0 fully saturated rings. The zero-order valence-electron chi connectivity index (χ0n) is 16.3. The molecule has 0 amide bonds. The van der Waals surface area contributed by atoms with Gasteiger partial charge in [-0.15, -0.1) is 0 Å². The molecule has 1 N–H and O–H groups in total. The van der Waals surface area contributed by atoms with Crippen LogP contribution in [0.2, 0.25) is 0 Å². The zero-order valence-corrected chi connectivity index (χ0v) is 16.3. The quantitative estimate of drug-likeness (QED) is 0.714. The van der Waals surface area contributed by atoms with Crippen LogP contribution in [-0.2, 0) is 6.42 Å². The predicted molar refractivity (Wildman–Crippen MR) is 110 cm³/mol. The number of ether oxygens (including phenoxy) is 1. The number of nitrogens with zero attached hydrogens (tertiary/aromatic N) is 2. The van der Waals surface area contributed by atoms with E-state index in [1.807, 2.05) is 30.3 Å². The van der Waals surface area contributed by atoms with Gasteiger partial charge in [-0.2, -0.15) is 0 Å². The van der Waals surface area contributed by atoms with E-state index in [1.165, 1.54) is 11.1 Å². The van der Waals surface area contributed by atoms with E-state index >= 15 is 0 Å². The number of hydrogen-bond donors (Lipinski definition) is 1. The maximum absolute atomic E-state index is 12.6. The molecule has 28 heavy (non-hydrogen) atoms. The molecule has 1 heterocycles. The highest BCUT2D eigenvalue weighted by molar-refractivity contribution is 5.98. The molecule has 4 rings (SSSR count). The Morgan fingerprint density at radius 2 is 1.82 bits per heavy atom. The number of hydrogen-bond acceptors (Lipinski definition) is 5. The molecule has 0 radical (unpaired) electrons. The van der Waals surface area contributed by atoms with E-state index in [0.29, 0.717) is 17.9 Å². The maximum Gasteiger partial charge on any atom is 0.227 e. The lowest BCUT2D eigenvalue weighted by Crippen LogP contribution is -2.21. The van der Waals surface area contributed by atoms with Gasteiger partial charge in [0.15, 0.2) is 5.78 Å². The minimum Gasteiger partial charge on any atom is -0.497 e. The van der Waals surface area contributed by atoms with Crippen LogP contribution in [0, 0.1) is 13.8 Å². The van der Waals surface area contributed by atoms with E-state index in [1.54, 1.807) is 13.3 Å². The summed E-state index contributed by atoms with van der Waals surface area (Å²) in [5.74, 6) is 1.55. The largest absolute Gasteiger partial charge is 0.497 e. The molecule has 0 aliphatic heterocycles. The number of carbonyl (C=O) groups is 1. The number of methoxy groups -OCH3 is 1. The number of aromatic nitrogens is 2. The number of Topliss-reactive ketones (excluding diaryl/α,β-unsaturated/α-hetero) is 1. The number of benzene rings is 2. The number of ketones is 1. The summed E-state index contributed by atoms with van der Waals surface area (Å²) < 4.78 is 5.23. The van der Waals surface area contributed by atoms with Crippen molar-refractivity contribution in [1.82, 2.24) is 9.97 Å². The van der Waals surface area contributed by atoms with Crippen LogP contribution in [0.5, 0.6) is 5.75 Å². The second-order valence-corrected chi connectivity index (χ2v) is 7.28. The Morgan fingerprint density at radius 3 is 2.54 bits per heavy atom. The van der Waals surface area contributed by atoms with Crippen LogP contribution in [-0.4, -0.2) is 22.9 Å². The molecule has 1 aliphatic rings. The van der Waals surface area contributed by atoms with E-state index in [0.717, 1.165) is 29.1 Å². The number of carbonyl (C=O) groups excluding carboxylic acids is 1. The molecular formula is C23H23N3O2. The van der Waals surface area contributed by atoms with Crippen LogP contribution in [0.3, 0.4) is 0 Å². The summed E-state index contributed by atoms with van der Waals surface area (Å²) in [6.45, 7) is 4.16. The van der Waals surface area contributed by atoms with Crippen LogP contribution in [0.15, 0.2) is 48.7 Å². The van der Waals surface area contributed by atoms with E-state index in [-0.39, 0.29) is 11.7 Å². The SMILES string of the molecule is COc1ccc([C@@H]2CC(=O)c3cnc(Nc4ccc(C)c(C)c4)nc3C2)cc1. The summed E-state index contributed by atoms with van der Waals surface area (Å²) >= 11 is 0. The highest BCUT2D eigenvalue weighted by atomic mass is 16.5. The molecule has 5 nitrogen and oxygen atoms in total. The lowest BCUT2D eigenvalue weighted by Gasteiger charge is -2.23. The fraction of sp³-hybridized carbons (Fsp3) is 0.261. The van der Waals surface area contributed by atoms with Crippen LogP contribution in [0.1, 0.15) is 45.1 Å². The van der Waals surface area contributed by atoms with E-state index in [4.69, 9.17) is 4.74 Å². The van der Waals surface area contributed by atoms with Gasteiger partial charge in [0.1, 0.15) is 5.75 Å². The molecule has 142 valence electrons. The third-order valence-corrected chi connectivity index (χ3v) is 5.39. The van der Waals surface area contributed by atoms with Crippen LogP contribution >= 0.6 is 0 Å². The number of nitrogens with one attached hydrogen (secondary N) is 1. The van der Waals surface area contributed by atoms with Gasteiger partial charge in [-0.1, -0.05) is 18.2 Å². The Labute approximate surface area is 164 Å².